The SMILES string of the molecule is Cn1cc([C@H](NC(=O)CCC(=O)c2ccc(F)cc2)C2CC(O)C2)cn1. The van der Waals surface area contributed by atoms with Crippen molar-refractivity contribution in [1.29, 1.82) is 0 Å². The minimum absolute atomic E-state index is 0.0578. The third-order valence-electron chi connectivity index (χ3n) is 4.77. The Bertz CT molecular complexity index is 782. The Hall–Kier alpha value is -2.54. The van der Waals surface area contributed by atoms with Crippen molar-refractivity contribution >= 4 is 11.7 Å². The number of carbonyl (C=O) groups excluding carboxylic acids is 2. The topological polar surface area (TPSA) is 84.2 Å². The largest absolute Gasteiger partial charge is 0.393 e. The predicted octanol–water partition coefficient (Wildman–Crippen LogP) is 2.15. The fraction of sp³-hybridized carbons (Fsp3) is 0.421. The summed E-state index contributed by atoms with van der Waals surface area (Å²) in [6, 6.07) is 5.08. The minimum Gasteiger partial charge on any atom is -0.393 e. The Kier molecular flexibility index (Phi) is 5.46. The van der Waals surface area contributed by atoms with E-state index >= 15 is 0 Å². The molecule has 2 aromatic rings. The van der Waals surface area contributed by atoms with Gasteiger partial charge in [-0.3, -0.25) is 14.3 Å². The number of carbonyl (C=O) groups is 2. The molecule has 1 saturated carbocycles. The van der Waals surface area contributed by atoms with Crippen LogP contribution in [0.2, 0.25) is 0 Å². The molecule has 6 nitrogen and oxygen atoms in total. The molecule has 1 fully saturated rings. The van der Waals surface area contributed by atoms with E-state index in [1.807, 2.05) is 6.20 Å². The van der Waals surface area contributed by atoms with Crippen LogP contribution in [0.1, 0.15) is 47.6 Å². The van der Waals surface area contributed by atoms with Gasteiger partial charge in [-0.2, -0.15) is 5.10 Å². The molecule has 3 rings (SSSR count). The first-order valence-electron chi connectivity index (χ1n) is 8.67. The van der Waals surface area contributed by atoms with E-state index in [-0.39, 0.29) is 42.6 Å². The number of hydrogen-bond acceptors (Lipinski definition) is 4. The standard InChI is InChI=1S/C19H22FN3O3/c1-23-11-14(10-21-23)19(13-8-16(24)9-13)22-18(26)7-6-17(25)12-2-4-15(20)5-3-12/h2-5,10-11,13,16,19,24H,6-9H2,1H3,(H,22,26)/t13?,16?,19-/m1/s1. The Labute approximate surface area is 151 Å². The van der Waals surface area contributed by atoms with Crippen molar-refractivity contribution in [2.75, 3.05) is 0 Å². The number of nitrogens with one attached hydrogen (secondary N) is 1. The zero-order chi connectivity index (χ0) is 18.7. The average molecular weight is 359 g/mol. The van der Waals surface area contributed by atoms with Crippen LogP contribution in [0, 0.1) is 11.7 Å². The maximum atomic E-state index is 12.9. The van der Waals surface area contributed by atoms with Crippen molar-refractivity contribution < 1.29 is 19.1 Å². The summed E-state index contributed by atoms with van der Waals surface area (Å²) in [6.07, 6.45) is 4.62. The average Bonchev–Trinajstić information content (AvgIpc) is 3.02. The molecule has 26 heavy (non-hydrogen) atoms. The second kappa shape index (κ2) is 7.78. The van der Waals surface area contributed by atoms with Crippen LogP contribution < -0.4 is 5.32 Å². The number of benzene rings is 1. The van der Waals surface area contributed by atoms with E-state index in [4.69, 9.17) is 0 Å². The first-order chi connectivity index (χ1) is 12.4. The van der Waals surface area contributed by atoms with E-state index in [9.17, 15) is 19.1 Å². The third kappa shape index (κ3) is 4.35. The maximum Gasteiger partial charge on any atom is 0.220 e. The number of amides is 1. The third-order valence-corrected chi connectivity index (χ3v) is 4.77. The van der Waals surface area contributed by atoms with Crippen molar-refractivity contribution in [2.24, 2.45) is 13.0 Å². The number of aliphatic hydroxyl groups is 1. The van der Waals surface area contributed by atoms with Crippen LogP contribution >= 0.6 is 0 Å². The van der Waals surface area contributed by atoms with Gasteiger partial charge in [0.1, 0.15) is 5.82 Å². The molecule has 1 heterocycles. The predicted molar refractivity (Wildman–Crippen MR) is 92.8 cm³/mol. The number of aryl methyl sites for hydroxylation is 1. The summed E-state index contributed by atoms with van der Waals surface area (Å²) in [4.78, 5) is 24.5. The lowest BCUT2D eigenvalue weighted by Gasteiger charge is -2.37. The maximum absolute atomic E-state index is 12.9. The van der Waals surface area contributed by atoms with Crippen molar-refractivity contribution in [2.45, 2.75) is 37.8 Å². The van der Waals surface area contributed by atoms with Crippen LogP contribution in [-0.2, 0) is 11.8 Å². The smallest absolute Gasteiger partial charge is 0.220 e. The lowest BCUT2D eigenvalue weighted by atomic mass is 9.75. The fourth-order valence-electron chi connectivity index (χ4n) is 3.23. The molecule has 0 spiro atoms. The van der Waals surface area contributed by atoms with Crippen LogP contribution in [0.25, 0.3) is 0 Å². The van der Waals surface area contributed by atoms with E-state index in [0.717, 1.165) is 5.56 Å². The van der Waals surface area contributed by atoms with Gasteiger partial charge in [-0.1, -0.05) is 0 Å². The molecule has 0 bridgehead atoms. The molecule has 1 aliphatic carbocycles. The molecular weight excluding hydrogens is 337 g/mol. The highest BCUT2D eigenvalue weighted by atomic mass is 19.1. The Morgan fingerprint density at radius 2 is 2.00 bits per heavy atom. The number of aromatic nitrogens is 2. The molecule has 0 saturated heterocycles. The van der Waals surface area contributed by atoms with E-state index < -0.39 is 5.82 Å². The molecule has 7 heteroatoms. The van der Waals surface area contributed by atoms with Gasteiger partial charge in [0, 0.05) is 37.2 Å². The highest BCUT2D eigenvalue weighted by Crippen LogP contribution is 2.38. The van der Waals surface area contributed by atoms with Crippen molar-refractivity contribution in [3.05, 3.63) is 53.6 Å². The number of halogens is 1. The summed E-state index contributed by atoms with van der Waals surface area (Å²) < 4.78 is 14.6. The van der Waals surface area contributed by atoms with Gasteiger partial charge < -0.3 is 10.4 Å². The summed E-state index contributed by atoms with van der Waals surface area (Å²) in [5, 5.41) is 16.7. The normalized spacial score (nSPS) is 20.3. The number of ketones is 1. The number of Topliss-reactive ketones (excluding diaryl/α,β-unsaturated/α-hetero) is 1. The molecule has 1 aromatic carbocycles. The first kappa shape index (κ1) is 18.3. The molecule has 2 N–H and O–H groups in total. The second-order valence-electron chi connectivity index (χ2n) is 6.81. The summed E-state index contributed by atoms with van der Waals surface area (Å²) in [5.74, 6) is -0.667. The van der Waals surface area contributed by atoms with Gasteiger partial charge in [-0.05, 0) is 43.0 Å². The molecule has 138 valence electrons. The lowest BCUT2D eigenvalue weighted by Crippen LogP contribution is -2.41. The molecule has 0 radical (unpaired) electrons. The van der Waals surface area contributed by atoms with E-state index in [1.165, 1.54) is 24.3 Å². The summed E-state index contributed by atoms with van der Waals surface area (Å²) in [5.41, 5.74) is 1.28. The van der Waals surface area contributed by atoms with Gasteiger partial charge in [-0.15, -0.1) is 0 Å². The lowest BCUT2D eigenvalue weighted by molar-refractivity contribution is -0.123. The molecule has 1 atom stereocenters. The zero-order valence-corrected chi connectivity index (χ0v) is 14.6. The molecule has 1 aliphatic rings. The number of aliphatic hydroxyl groups excluding tert-OH is 1. The number of nitrogens with zero attached hydrogens (tertiary/aromatic N) is 2. The highest BCUT2D eigenvalue weighted by Gasteiger charge is 2.36. The van der Waals surface area contributed by atoms with E-state index in [0.29, 0.717) is 18.4 Å². The Morgan fingerprint density at radius 1 is 1.31 bits per heavy atom. The van der Waals surface area contributed by atoms with Crippen molar-refractivity contribution in [1.82, 2.24) is 15.1 Å². The first-order valence-corrected chi connectivity index (χ1v) is 8.67. The molecular formula is C19H22FN3O3. The van der Waals surface area contributed by atoms with Gasteiger partial charge in [0.2, 0.25) is 5.91 Å². The van der Waals surface area contributed by atoms with Crippen molar-refractivity contribution in [3.63, 3.8) is 0 Å². The Morgan fingerprint density at radius 3 is 2.58 bits per heavy atom. The van der Waals surface area contributed by atoms with Crippen LogP contribution in [-0.4, -0.2) is 32.7 Å². The minimum atomic E-state index is -0.402. The number of rotatable bonds is 7. The molecule has 1 amide bonds. The quantitative estimate of drug-likeness (QED) is 0.742. The highest BCUT2D eigenvalue weighted by molar-refractivity contribution is 5.97. The van der Waals surface area contributed by atoms with E-state index in [1.54, 1.807) is 17.9 Å². The van der Waals surface area contributed by atoms with Crippen LogP contribution in [0.15, 0.2) is 36.7 Å². The summed E-state index contributed by atoms with van der Waals surface area (Å²) >= 11 is 0. The van der Waals surface area contributed by atoms with Crippen molar-refractivity contribution in [3.8, 4) is 0 Å². The van der Waals surface area contributed by atoms with E-state index in [2.05, 4.69) is 10.4 Å². The Balaban J connectivity index is 1.57. The van der Waals surface area contributed by atoms with Crippen LogP contribution in [0.4, 0.5) is 4.39 Å². The van der Waals surface area contributed by atoms with Gasteiger partial charge in [-0.25, -0.2) is 4.39 Å². The zero-order valence-electron chi connectivity index (χ0n) is 14.6. The van der Waals surface area contributed by atoms with Gasteiger partial charge in [0.25, 0.3) is 0 Å². The number of hydrogen-bond donors (Lipinski definition) is 2. The fourth-order valence-corrected chi connectivity index (χ4v) is 3.23. The van der Waals surface area contributed by atoms with Crippen LogP contribution in [0.5, 0.6) is 0 Å². The van der Waals surface area contributed by atoms with Gasteiger partial charge in [0.15, 0.2) is 5.78 Å². The summed E-state index contributed by atoms with van der Waals surface area (Å²) in [7, 11) is 1.80. The second-order valence-corrected chi connectivity index (χ2v) is 6.81. The van der Waals surface area contributed by atoms with Gasteiger partial charge in [0.05, 0.1) is 18.3 Å². The van der Waals surface area contributed by atoms with Gasteiger partial charge >= 0.3 is 0 Å². The molecule has 1 aromatic heterocycles. The summed E-state index contributed by atoms with van der Waals surface area (Å²) in [6.45, 7) is 0. The van der Waals surface area contributed by atoms with Crippen LogP contribution in [0.3, 0.4) is 0 Å². The molecule has 0 aliphatic heterocycles. The molecule has 0 unspecified atom stereocenters. The monoisotopic (exact) mass is 359 g/mol.